The van der Waals surface area contributed by atoms with Crippen molar-refractivity contribution in [2.24, 2.45) is 0 Å². The van der Waals surface area contributed by atoms with Crippen molar-refractivity contribution < 1.29 is 0 Å². The lowest BCUT2D eigenvalue weighted by molar-refractivity contribution is 0.952. The summed E-state index contributed by atoms with van der Waals surface area (Å²) in [5, 5.41) is 12.4. The van der Waals surface area contributed by atoms with E-state index >= 15 is 0 Å². The summed E-state index contributed by atoms with van der Waals surface area (Å²) in [6.07, 6.45) is 0. The lowest BCUT2D eigenvalue weighted by Gasteiger charge is -2.35. The lowest BCUT2D eigenvalue weighted by Crippen LogP contribution is -2.74. The van der Waals surface area contributed by atoms with Gasteiger partial charge in [0.2, 0.25) is 5.95 Å². The third kappa shape index (κ3) is 6.03. The zero-order valence-electron chi connectivity index (χ0n) is 38.1. The van der Waals surface area contributed by atoms with Crippen LogP contribution < -0.4 is 20.7 Å². The second-order valence-corrected chi connectivity index (χ2v) is 21.9. The van der Waals surface area contributed by atoms with Gasteiger partial charge in [-0.05, 0) is 69.3 Å². The maximum atomic E-state index is 5.60. The Balaban J connectivity index is 1.02. The smallest absolute Gasteiger partial charge is 0.237 e. The number of fused-ring (bicyclic) bond motifs is 9. The summed E-state index contributed by atoms with van der Waals surface area (Å²) in [7, 11) is -3.02. The molecule has 0 aliphatic rings. The third-order valence-electron chi connectivity index (χ3n) is 14.4. The van der Waals surface area contributed by atoms with E-state index in [2.05, 4.69) is 275 Å². The largest absolute Gasteiger partial charge is 0.309 e. The molecule has 0 aliphatic heterocycles. The molecule has 14 aromatic rings. The van der Waals surface area contributed by atoms with Gasteiger partial charge >= 0.3 is 0 Å². The zero-order valence-corrected chi connectivity index (χ0v) is 39.1. The van der Waals surface area contributed by atoms with E-state index < -0.39 is 8.07 Å². The Morgan fingerprint density at radius 1 is 0.271 bits per heavy atom. The fourth-order valence-electron chi connectivity index (χ4n) is 11.4. The molecule has 14 rings (SSSR count). The Labute approximate surface area is 405 Å². The van der Waals surface area contributed by atoms with Crippen LogP contribution in [0.4, 0.5) is 0 Å². The molecule has 4 aromatic heterocycles. The van der Waals surface area contributed by atoms with Crippen molar-refractivity contribution in [3.05, 3.63) is 261 Å². The van der Waals surface area contributed by atoms with E-state index in [1.54, 1.807) is 0 Å². The van der Waals surface area contributed by atoms with E-state index in [1.165, 1.54) is 53.3 Å². The van der Waals surface area contributed by atoms with Crippen LogP contribution in [0.5, 0.6) is 0 Å². The van der Waals surface area contributed by atoms with Crippen molar-refractivity contribution in [2.45, 2.75) is 0 Å². The third-order valence-corrected chi connectivity index (χ3v) is 19.2. The minimum atomic E-state index is -3.02. The molecule has 5 nitrogen and oxygen atoms in total. The van der Waals surface area contributed by atoms with Crippen molar-refractivity contribution in [1.29, 1.82) is 0 Å². The van der Waals surface area contributed by atoms with Gasteiger partial charge in [0.05, 0.1) is 38.8 Å². The first-order chi connectivity index (χ1) is 34.7. The molecule has 0 amide bonds. The second-order valence-electron chi connectivity index (χ2n) is 18.1. The Hall–Kier alpha value is -9.10. The molecule has 4 heterocycles. The fourth-order valence-corrected chi connectivity index (χ4v) is 16.2. The highest BCUT2D eigenvalue weighted by atomic mass is 28.3. The summed E-state index contributed by atoms with van der Waals surface area (Å²) in [5.74, 6) is 1.42. The molecule has 328 valence electrons. The fraction of sp³-hybridized carbons (Fsp3) is 0. The normalized spacial score (nSPS) is 12.0. The molecule has 0 saturated heterocycles. The second kappa shape index (κ2) is 16.0. The topological polar surface area (TPSA) is 40.6 Å². The SMILES string of the molecule is c1ccc([Si](c2ccccc2)(c2ccc(-n3c4ccccc4c4ccccc43)cc2)c2cccc(-c3cc(-n4c5ccccc5c5ccccc54)nc(-n4c5ccccc5c5ccccc54)n3)c2)cc1. The number of hydrogen-bond acceptors (Lipinski definition) is 2. The average molecular weight is 910 g/mol. The number of hydrogen-bond donors (Lipinski definition) is 0. The van der Waals surface area contributed by atoms with Gasteiger partial charge in [0.15, 0.2) is 8.07 Å². The molecule has 0 aliphatic carbocycles. The van der Waals surface area contributed by atoms with Crippen LogP contribution >= 0.6 is 0 Å². The highest BCUT2D eigenvalue weighted by Crippen LogP contribution is 2.36. The van der Waals surface area contributed by atoms with Gasteiger partial charge in [-0.25, -0.2) is 4.98 Å². The Morgan fingerprint density at radius 3 is 1.10 bits per heavy atom. The van der Waals surface area contributed by atoms with Gasteiger partial charge in [-0.1, -0.05) is 206 Å². The molecule has 10 aromatic carbocycles. The quantitative estimate of drug-likeness (QED) is 0.113. The maximum Gasteiger partial charge on any atom is 0.237 e. The Bertz CT molecular complexity index is 3970. The van der Waals surface area contributed by atoms with Gasteiger partial charge in [-0.3, -0.25) is 9.13 Å². The van der Waals surface area contributed by atoms with E-state index in [1.807, 2.05) is 0 Å². The molecule has 6 heteroatoms. The van der Waals surface area contributed by atoms with E-state index in [0.29, 0.717) is 5.95 Å². The minimum Gasteiger partial charge on any atom is -0.309 e. The van der Waals surface area contributed by atoms with Gasteiger partial charge in [0.1, 0.15) is 5.82 Å². The molecule has 0 saturated carbocycles. The standard InChI is InChI=1S/C64H43N5Si/c1-3-21-46(22-4-1)70(47-23-5-2-6-24-47,48-40-38-45(39-41-48)67-57-32-13-7-26-50(57)51-27-8-14-33-58(51)67)49-25-19-20-44(42-49)56-43-63(68-59-34-15-9-28-52(59)53-29-10-16-35-60(53)68)66-64(65-56)69-61-36-17-11-30-54(61)55-31-12-18-37-62(55)69/h1-43H. The number of para-hydroxylation sites is 6. The Kier molecular flexibility index (Phi) is 9.15. The summed E-state index contributed by atoms with van der Waals surface area (Å²) in [4.78, 5) is 11.1. The van der Waals surface area contributed by atoms with Crippen molar-refractivity contribution in [3.8, 4) is 28.7 Å². The van der Waals surface area contributed by atoms with Crippen LogP contribution in [0.15, 0.2) is 261 Å². The molecule has 70 heavy (non-hydrogen) atoms. The van der Waals surface area contributed by atoms with Gasteiger partial charge in [-0.15, -0.1) is 0 Å². The summed E-state index contributed by atoms with van der Waals surface area (Å²) in [6.45, 7) is 0. The highest BCUT2D eigenvalue weighted by Gasteiger charge is 2.41. The Morgan fingerprint density at radius 2 is 0.643 bits per heavy atom. The first-order valence-corrected chi connectivity index (χ1v) is 25.9. The van der Waals surface area contributed by atoms with Crippen LogP contribution in [0, 0.1) is 0 Å². The molecular weight excluding hydrogens is 867 g/mol. The number of aromatic nitrogens is 5. The lowest BCUT2D eigenvalue weighted by atomic mass is 10.1. The molecule has 0 unspecified atom stereocenters. The summed E-state index contributed by atoms with van der Waals surface area (Å²) in [5.41, 5.74) is 9.71. The maximum absolute atomic E-state index is 5.60. The van der Waals surface area contributed by atoms with Crippen LogP contribution in [-0.4, -0.2) is 31.7 Å². The summed E-state index contributed by atoms with van der Waals surface area (Å²) in [6, 6.07) is 95.1. The van der Waals surface area contributed by atoms with E-state index in [-0.39, 0.29) is 0 Å². The monoisotopic (exact) mass is 909 g/mol. The first kappa shape index (κ1) is 40.0. The number of benzene rings is 10. The molecule has 0 N–H and O–H groups in total. The van der Waals surface area contributed by atoms with Crippen molar-refractivity contribution in [2.75, 3.05) is 0 Å². The van der Waals surface area contributed by atoms with Gasteiger partial charge < -0.3 is 4.57 Å². The molecule has 0 fully saturated rings. The van der Waals surface area contributed by atoms with Crippen LogP contribution in [0.25, 0.3) is 94.1 Å². The molecule has 0 radical (unpaired) electrons. The summed E-state index contributed by atoms with van der Waals surface area (Å²) >= 11 is 0. The predicted molar refractivity (Wildman–Crippen MR) is 294 cm³/mol. The summed E-state index contributed by atoms with van der Waals surface area (Å²) < 4.78 is 6.95. The van der Waals surface area contributed by atoms with Crippen molar-refractivity contribution in [1.82, 2.24) is 23.7 Å². The van der Waals surface area contributed by atoms with Gasteiger partial charge in [-0.2, -0.15) is 4.98 Å². The predicted octanol–water partition coefficient (Wildman–Crippen LogP) is 12.8. The van der Waals surface area contributed by atoms with Gasteiger partial charge in [0, 0.05) is 49.6 Å². The number of rotatable bonds is 8. The van der Waals surface area contributed by atoms with E-state index in [4.69, 9.17) is 9.97 Å². The van der Waals surface area contributed by atoms with Crippen molar-refractivity contribution in [3.63, 3.8) is 0 Å². The number of nitrogens with zero attached hydrogens (tertiary/aromatic N) is 5. The highest BCUT2D eigenvalue weighted by molar-refractivity contribution is 7.19. The van der Waals surface area contributed by atoms with E-state index in [9.17, 15) is 0 Å². The van der Waals surface area contributed by atoms with Gasteiger partial charge in [0.25, 0.3) is 0 Å². The molecular formula is C64H43N5Si. The van der Waals surface area contributed by atoms with Crippen LogP contribution in [0.1, 0.15) is 0 Å². The van der Waals surface area contributed by atoms with Crippen LogP contribution in [0.3, 0.4) is 0 Å². The van der Waals surface area contributed by atoms with Crippen LogP contribution in [-0.2, 0) is 0 Å². The molecule has 0 atom stereocenters. The van der Waals surface area contributed by atoms with Crippen molar-refractivity contribution >= 4 is 94.2 Å². The van der Waals surface area contributed by atoms with Crippen LogP contribution in [0.2, 0.25) is 0 Å². The molecule has 0 bridgehead atoms. The molecule has 0 spiro atoms. The first-order valence-electron chi connectivity index (χ1n) is 23.9. The average Bonchev–Trinajstić information content (AvgIpc) is 4.08. The van der Waals surface area contributed by atoms with E-state index in [0.717, 1.165) is 55.6 Å². The minimum absolute atomic E-state index is 0.618. The zero-order chi connectivity index (χ0) is 46.2.